The Hall–Kier alpha value is -6.44. The van der Waals surface area contributed by atoms with Gasteiger partial charge < -0.3 is 4.90 Å². The number of hydrogen-bond acceptors (Lipinski definition) is 1. The van der Waals surface area contributed by atoms with E-state index in [1.54, 1.807) is 11.1 Å². The van der Waals surface area contributed by atoms with Crippen LogP contribution in [0.5, 0.6) is 0 Å². The van der Waals surface area contributed by atoms with Gasteiger partial charge in [0.25, 0.3) is 0 Å². The summed E-state index contributed by atoms with van der Waals surface area (Å²) in [4.78, 5) is 2.63. The summed E-state index contributed by atoms with van der Waals surface area (Å²) in [5.74, 6) is 0. The summed E-state index contributed by atoms with van der Waals surface area (Å²) in [6.45, 7) is 9.09. The minimum atomic E-state index is -0.412. The van der Waals surface area contributed by atoms with Gasteiger partial charge in [0.15, 0.2) is 0 Å². The second-order valence-corrected chi connectivity index (χ2v) is 19.4. The van der Waals surface area contributed by atoms with Gasteiger partial charge in [0.2, 0.25) is 0 Å². The predicted octanol–water partition coefficient (Wildman–Crippen LogP) is 16.5. The van der Waals surface area contributed by atoms with Crippen LogP contribution in [0.25, 0.3) is 22.3 Å². The normalized spacial score (nSPS) is 20.5. The van der Waals surface area contributed by atoms with Crippen LogP contribution >= 0.6 is 0 Å². The monoisotopic (exact) mass is 829 g/mol. The Morgan fingerprint density at radius 1 is 0.656 bits per heavy atom. The van der Waals surface area contributed by atoms with Crippen molar-refractivity contribution in [2.45, 2.75) is 89.9 Å². The summed E-state index contributed by atoms with van der Waals surface area (Å²) in [6, 6.07) is 46.6. The molecule has 6 aliphatic carbocycles. The van der Waals surface area contributed by atoms with E-state index >= 15 is 0 Å². The molecule has 0 bridgehead atoms. The molecule has 0 amide bonds. The molecule has 0 heterocycles. The Kier molecular flexibility index (Phi) is 10.1. The zero-order valence-corrected chi connectivity index (χ0v) is 38.0. The summed E-state index contributed by atoms with van der Waals surface area (Å²) in [7, 11) is 0. The molecule has 1 spiro atoms. The minimum Gasteiger partial charge on any atom is -0.314 e. The summed E-state index contributed by atoms with van der Waals surface area (Å²) < 4.78 is 0. The molecule has 5 aromatic carbocycles. The highest BCUT2D eigenvalue weighted by Gasteiger charge is 2.48. The fraction of sp³-hybridized carbons (Fsp3) is 0.238. The van der Waals surface area contributed by atoms with Crippen molar-refractivity contribution in [2.75, 3.05) is 4.90 Å². The van der Waals surface area contributed by atoms with Crippen LogP contribution in [0.15, 0.2) is 216 Å². The molecule has 1 fully saturated rings. The van der Waals surface area contributed by atoms with Crippen molar-refractivity contribution >= 4 is 16.8 Å². The van der Waals surface area contributed by atoms with Crippen molar-refractivity contribution in [3.8, 4) is 11.1 Å². The summed E-state index contributed by atoms with van der Waals surface area (Å²) in [5.41, 5.74) is 23.0. The number of hydrogen-bond donors (Lipinski definition) is 0. The highest BCUT2D eigenvalue weighted by atomic mass is 15.2. The summed E-state index contributed by atoms with van der Waals surface area (Å²) >= 11 is 0. The molecule has 0 saturated heterocycles. The van der Waals surface area contributed by atoms with Crippen LogP contribution in [0.2, 0.25) is 0 Å². The van der Waals surface area contributed by atoms with Gasteiger partial charge in [0, 0.05) is 22.2 Å². The molecule has 0 radical (unpaired) electrons. The zero-order chi connectivity index (χ0) is 43.5. The van der Waals surface area contributed by atoms with Gasteiger partial charge in [-0.2, -0.15) is 0 Å². The molecular weight excluding hydrogens is 771 g/mol. The lowest BCUT2D eigenvalue weighted by Gasteiger charge is -2.38. The van der Waals surface area contributed by atoms with E-state index in [0.29, 0.717) is 0 Å². The van der Waals surface area contributed by atoms with Crippen molar-refractivity contribution in [1.82, 2.24) is 0 Å². The van der Waals surface area contributed by atoms with Crippen LogP contribution in [0.1, 0.15) is 118 Å². The molecule has 1 heteroatoms. The highest BCUT2D eigenvalue weighted by molar-refractivity contribution is 5.93. The maximum Gasteiger partial charge on any atom is 0.0677 e. The Balaban J connectivity index is 1.14. The van der Waals surface area contributed by atoms with E-state index in [9.17, 15) is 0 Å². The molecule has 0 N–H and O–H groups in total. The van der Waals surface area contributed by atoms with Gasteiger partial charge >= 0.3 is 0 Å². The maximum atomic E-state index is 2.63. The number of anilines is 1. The highest BCUT2D eigenvalue weighted by Crippen LogP contribution is 2.60. The number of rotatable bonds is 8. The van der Waals surface area contributed by atoms with E-state index in [-0.39, 0.29) is 10.8 Å². The fourth-order valence-electron chi connectivity index (χ4n) is 12.6. The minimum absolute atomic E-state index is 0.161. The standard InChI is InChI=1S/C63H59N/c1-5-21-44(2)42-59(56-31-16-17-39-61(56,3)4)64(48-35-33-45(34-36-48)50-28-20-32-57-60(50)53-27-13-14-29-54(53)62(57)40-18-19-41-62)49-37-38-52-51-26-12-15-30-55(51)63(58(52)43-49,46-22-8-6-9-23-46)47-24-10-7-11-25-47/h5-14,16-17,20-29,31-33,35,37-39,42-43H,15,18-19,30,34,36,40-41H2,1-4H3/b21-5-,44-42+,59-56+. The molecule has 316 valence electrons. The first-order valence-corrected chi connectivity index (χ1v) is 23.9. The van der Waals surface area contributed by atoms with Crippen LogP contribution < -0.4 is 4.90 Å². The van der Waals surface area contributed by atoms with Crippen molar-refractivity contribution in [3.63, 3.8) is 0 Å². The zero-order valence-electron chi connectivity index (χ0n) is 38.0. The Bertz CT molecular complexity index is 2920. The molecule has 5 aromatic rings. The Labute approximate surface area is 381 Å². The van der Waals surface area contributed by atoms with Gasteiger partial charge in [-0.25, -0.2) is 0 Å². The first-order chi connectivity index (χ1) is 31.3. The third-order valence-corrected chi connectivity index (χ3v) is 15.4. The second kappa shape index (κ2) is 16.0. The molecule has 0 aromatic heterocycles. The first kappa shape index (κ1) is 40.3. The lowest BCUT2D eigenvalue weighted by molar-refractivity contribution is 0.550. The van der Waals surface area contributed by atoms with Crippen molar-refractivity contribution < 1.29 is 0 Å². The molecule has 6 aliphatic rings. The largest absolute Gasteiger partial charge is 0.314 e. The van der Waals surface area contributed by atoms with E-state index in [4.69, 9.17) is 0 Å². The van der Waals surface area contributed by atoms with Crippen LogP contribution in [-0.4, -0.2) is 0 Å². The fourth-order valence-corrected chi connectivity index (χ4v) is 12.6. The van der Waals surface area contributed by atoms with Crippen LogP contribution in [0, 0.1) is 5.41 Å². The molecule has 0 aliphatic heterocycles. The van der Waals surface area contributed by atoms with E-state index in [1.165, 1.54) is 110 Å². The second-order valence-electron chi connectivity index (χ2n) is 19.4. The summed E-state index contributed by atoms with van der Waals surface area (Å²) in [5, 5.41) is 0. The van der Waals surface area contributed by atoms with Crippen molar-refractivity contribution in [2.24, 2.45) is 5.41 Å². The van der Waals surface area contributed by atoms with E-state index < -0.39 is 5.41 Å². The summed E-state index contributed by atoms with van der Waals surface area (Å²) in [6.07, 6.45) is 34.8. The van der Waals surface area contributed by atoms with Crippen LogP contribution in [0.3, 0.4) is 0 Å². The molecule has 0 atom stereocenters. The van der Waals surface area contributed by atoms with E-state index in [0.717, 1.165) is 25.7 Å². The average molecular weight is 830 g/mol. The van der Waals surface area contributed by atoms with Gasteiger partial charge in [-0.05, 0) is 155 Å². The Morgan fingerprint density at radius 2 is 1.38 bits per heavy atom. The van der Waals surface area contributed by atoms with E-state index in [1.807, 2.05) is 0 Å². The molecule has 1 nitrogen and oxygen atoms in total. The SMILES string of the molecule is C\C=C/C(C)=C/C(=C1/C=CC=CC1(C)C)N(C1=CC=C(c2cccc3c2-c2ccccc2C32CCCC2)CC1)c1ccc2c(c1)C(c1ccccc1)(c1ccccc1)C1=C2C=CCC1. The van der Waals surface area contributed by atoms with E-state index in [2.05, 4.69) is 221 Å². The smallest absolute Gasteiger partial charge is 0.0677 e. The molecule has 1 saturated carbocycles. The number of allylic oxidation sites excluding steroid dienone is 17. The predicted molar refractivity (Wildman–Crippen MR) is 271 cm³/mol. The van der Waals surface area contributed by atoms with Crippen LogP contribution in [0.4, 0.5) is 5.69 Å². The topological polar surface area (TPSA) is 3.24 Å². The molecular formula is C63H59N. The first-order valence-electron chi connectivity index (χ1n) is 23.9. The van der Waals surface area contributed by atoms with Gasteiger partial charge in [-0.15, -0.1) is 0 Å². The third kappa shape index (κ3) is 6.26. The third-order valence-electron chi connectivity index (χ3n) is 15.4. The van der Waals surface area contributed by atoms with Gasteiger partial charge in [0.1, 0.15) is 0 Å². The van der Waals surface area contributed by atoms with Gasteiger partial charge in [-0.3, -0.25) is 0 Å². The quantitative estimate of drug-likeness (QED) is 0.141. The van der Waals surface area contributed by atoms with Gasteiger partial charge in [0.05, 0.1) is 11.1 Å². The van der Waals surface area contributed by atoms with Crippen LogP contribution in [-0.2, 0) is 10.8 Å². The lowest BCUT2D eigenvalue weighted by atomic mass is 9.65. The average Bonchev–Trinajstić information content (AvgIpc) is 4.02. The maximum absolute atomic E-state index is 2.63. The Morgan fingerprint density at radius 3 is 2.09 bits per heavy atom. The number of nitrogens with zero attached hydrogens (tertiary/aromatic N) is 1. The molecule has 11 rings (SSSR count). The number of fused-ring (bicyclic) bond motifs is 7. The molecule has 64 heavy (non-hydrogen) atoms. The van der Waals surface area contributed by atoms with Crippen molar-refractivity contribution in [1.29, 1.82) is 0 Å². The molecule has 0 unspecified atom stereocenters. The number of benzene rings is 5. The lowest BCUT2D eigenvalue weighted by Crippen LogP contribution is -2.31. The van der Waals surface area contributed by atoms with Crippen molar-refractivity contribution in [3.05, 3.63) is 255 Å². The van der Waals surface area contributed by atoms with Gasteiger partial charge in [-0.1, -0.05) is 191 Å².